The van der Waals surface area contributed by atoms with E-state index in [-0.39, 0.29) is 0 Å². The number of benzene rings is 1. The molecule has 3 nitrogen and oxygen atoms in total. The van der Waals surface area contributed by atoms with E-state index >= 15 is 0 Å². The molecule has 1 aliphatic rings. The van der Waals surface area contributed by atoms with Gasteiger partial charge in [-0.2, -0.15) is 0 Å². The second-order valence-electron chi connectivity index (χ2n) is 4.45. The van der Waals surface area contributed by atoms with E-state index in [0.29, 0.717) is 12.4 Å². The Balaban J connectivity index is 2.05. The van der Waals surface area contributed by atoms with Gasteiger partial charge in [-0.1, -0.05) is 24.3 Å². The number of nitrogens with zero attached hydrogens (tertiary/aromatic N) is 1. The summed E-state index contributed by atoms with van der Waals surface area (Å²) in [6, 6.07) is 7.93. The topological polar surface area (TPSA) is 42.4 Å². The summed E-state index contributed by atoms with van der Waals surface area (Å²) < 4.78 is 5.53. The predicted molar refractivity (Wildman–Crippen MR) is 70.0 cm³/mol. The fourth-order valence-electron chi connectivity index (χ4n) is 2.28. The first-order valence-corrected chi connectivity index (χ1v) is 6.20. The average Bonchev–Trinajstić information content (AvgIpc) is 2.47. The van der Waals surface area contributed by atoms with Crippen LogP contribution in [0, 0.1) is 0 Å². The molecular formula is C15H15NO2. The van der Waals surface area contributed by atoms with Crippen molar-refractivity contribution in [1.82, 2.24) is 4.98 Å². The number of aliphatic hydroxyl groups excluding tert-OH is 1. The number of hydrogen-bond donors (Lipinski definition) is 1. The van der Waals surface area contributed by atoms with Crippen molar-refractivity contribution in [2.24, 2.45) is 0 Å². The zero-order valence-corrected chi connectivity index (χ0v) is 10.0. The Bertz CT molecular complexity index is 587. The first kappa shape index (κ1) is 11.2. The first-order chi connectivity index (χ1) is 8.86. The Morgan fingerprint density at radius 1 is 1.22 bits per heavy atom. The maximum atomic E-state index is 10.4. The quantitative estimate of drug-likeness (QED) is 0.879. The summed E-state index contributed by atoms with van der Waals surface area (Å²) in [5, 5.41) is 12.5. The molecule has 0 spiro atoms. The van der Waals surface area contributed by atoms with Crippen LogP contribution in [0.2, 0.25) is 0 Å². The number of aliphatic hydroxyl groups is 1. The van der Waals surface area contributed by atoms with Gasteiger partial charge in [0.25, 0.3) is 0 Å². The molecule has 3 rings (SSSR count). The molecule has 1 aromatic carbocycles. The largest absolute Gasteiger partial charge is 0.495 e. The molecule has 0 amide bonds. The summed E-state index contributed by atoms with van der Waals surface area (Å²) in [6.45, 7) is 0.682. The van der Waals surface area contributed by atoms with E-state index in [1.807, 2.05) is 36.5 Å². The van der Waals surface area contributed by atoms with Crippen LogP contribution in [0.1, 0.15) is 24.5 Å². The van der Waals surface area contributed by atoms with E-state index in [2.05, 4.69) is 4.98 Å². The van der Waals surface area contributed by atoms with Gasteiger partial charge in [0.1, 0.15) is 11.9 Å². The van der Waals surface area contributed by atoms with E-state index in [9.17, 15) is 5.11 Å². The van der Waals surface area contributed by atoms with Gasteiger partial charge in [-0.3, -0.25) is 4.98 Å². The standard InChI is InChI=1S/C15H15NO2/c17-15(14-7-3-4-8-18-14)13-10-16-9-11-5-1-2-6-12(11)13/h1-2,5-7,9-10,15,17H,3-4,8H2. The van der Waals surface area contributed by atoms with Crippen LogP contribution in [0.25, 0.3) is 10.8 Å². The van der Waals surface area contributed by atoms with Crippen molar-refractivity contribution < 1.29 is 9.84 Å². The predicted octanol–water partition coefficient (Wildman–Crippen LogP) is 2.96. The molecular weight excluding hydrogens is 226 g/mol. The van der Waals surface area contributed by atoms with E-state index in [4.69, 9.17) is 4.74 Å². The van der Waals surface area contributed by atoms with Crippen LogP contribution in [-0.2, 0) is 4.74 Å². The van der Waals surface area contributed by atoms with Crippen molar-refractivity contribution in [2.75, 3.05) is 6.61 Å². The van der Waals surface area contributed by atoms with E-state index < -0.39 is 6.10 Å². The van der Waals surface area contributed by atoms with Gasteiger partial charge in [0, 0.05) is 23.3 Å². The Hall–Kier alpha value is -1.87. The highest BCUT2D eigenvalue weighted by molar-refractivity contribution is 5.85. The van der Waals surface area contributed by atoms with Crippen molar-refractivity contribution in [3.05, 3.63) is 54.1 Å². The van der Waals surface area contributed by atoms with Gasteiger partial charge in [0.15, 0.2) is 0 Å². The number of rotatable bonds is 2. The second-order valence-corrected chi connectivity index (χ2v) is 4.45. The zero-order chi connectivity index (χ0) is 12.4. The van der Waals surface area contributed by atoms with Crippen LogP contribution in [0.5, 0.6) is 0 Å². The molecule has 2 aromatic rings. The first-order valence-electron chi connectivity index (χ1n) is 6.20. The minimum atomic E-state index is -0.719. The van der Waals surface area contributed by atoms with Crippen LogP contribution in [-0.4, -0.2) is 16.7 Å². The molecule has 1 atom stereocenters. The Morgan fingerprint density at radius 2 is 2.11 bits per heavy atom. The molecule has 1 aliphatic heterocycles. The molecule has 0 fully saturated rings. The van der Waals surface area contributed by atoms with Crippen molar-refractivity contribution in [3.8, 4) is 0 Å². The van der Waals surface area contributed by atoms with Gasteiger partial charge in [-0.15, -0.1) is 0 Å². The van der Waals surface area contributed by atoms with Crippen LogP contribution < -0.4 is 0 Å². The SMILES string of the molecule is OC(C1=CCCCO1)c1cncc2ccccc12. The fourth-order valence-corrected chi connectivity index (χ4v) is 2.28. The molecule has 0 bridgehead atoms. The molecule has 0 saturated carbocycles. The molecule has 1 unspecified atom stereocenters. The monoisotopic (exact) mass is 241 g/mol. The summed E-state index contributed by atoms with van der Waals surface area (Å²) in [6.07, 6.45) is 6.75. The molecule has 92 valence electrons. The zero-order valence-electron chi connectivity index (χ0n) is 10.0. The van der Waals surface area contributed by atoms with Crippen molar-refractivity contribution >= 4 is 10.8 Å². The Labute approximate surface area is 106 Å². The highest BCUT2D eigenvalue weighted by Gasteiger charge is 2.19. The molecule has 0 saturated heterocycles. The lowest BCUT2D eigenvalue weighted by atomic mass is 10.0. The van der Waals surface area contributed by atoms with Gasteiger partial charge in [-0.25, -0.2) is 0 Å². The summed E-state index contributed by atoms with van der Waals surface area (Å²) in [7, 11) is 0. The molecule has 18 heavy (non-hydrogen) atoms. The molecule has 1 aromatic heterocycles. The maximum absolute atomic E-state index is 10.4. The van der Waals surface area contributed by atoms with Crippen molar-refractivity contribution in [2.45, 2.75) is 18.9 Å². The van der Waals surface area contributed by atoms with Gasteiger partial charge in [0.2, 0.25) is 0 Å². The number of allylic oxidation sites excluding steroid dienone is 1. The van der Waals surface area contributed by atoms with Gasteiger partial charge < -0.3 is 9.84 Å². The summed E-state index contributed by atoms with van der Waals surface area (Å²) in [5.74, 6) is 0.652. The third kappa shape index (κ3) is 1.97. The molecule has 0 aliphatic carbocycles. The van der Waals surface area contributed by atoms with E-state index in [1.54, 1.807) is 6.20 Å². The molecule has 0 radical (unpaired) electrons. The number of aromatic nitrogens is 1. The normalized spacial score (nSPS) is 17.1. The highest BCUT2D eigenvalue weighted by Crippen LogP contribution is 2.30. The van der Waals surface area contributed by atoms with Gasteiger partial charge >= 0.3 is 0 Å². The third-order valence-corrected chi connectivity index (χ3v) is 3.23. The summed E-state index contributed by atoms with van der Waals surface area (Å²) >= 11 is 0. The minimum absolute atomic E-state index is 0.652. The van der Waals surface area contributed by atoms with Gasteiger partial charge in [0.05, 0.1) is 6.61 Å². The number of ether oxygens (including phenoxy) is 1. The van der Waals surface area contributed by atoms with E-state index in [0.717, 1.165) is 29.2 Å². The second kappa shape index (κ2) is 4.78. The number of pyridine rings is 1. The summed E-state index contributed by atoms with van der Waals surface area (Å²) in [5.41, 5.74) is 0.807. The van der Waals surface area contributed by atoms with E-state index in [1.165, 1.54) is 0 Å². The van der Waals surface area contributed by atoms with Crippen molar-refractivity contribution in [1.29, 1.82) is 0 Å². The fraction of sp³-hybridized carbons (Fsp3) is 0.267. The number of fused-ring (bicyclic) bond motifs is 1. The van der Waals surface area contributed by atoms with Crippen LogP contribution in [0.4, 0.5) is 0 Å². The lowest BCUT2D eigenvalue weighted by molar-refractivity contribution is 0.0924. The maximum Gasteiger partial charge on any atom is 0.138 e. The van der Waals surface area contributed by atoms with Crippen LogP contribution in [0.3, 0.4) is 0 Å². The highest BCUT2D eigenvalue weighted by atomic mass is 16.5. The lowest BCUT2D eigenvalue weighted by Crippen LogP contribution is -2.10. The minimum Gasteiger partial charge on any atom is -0.495 e. The smallest absolute Gasteiger partial charge is 0.138 e. The van der Waals surface area contributed by atoms with Crippen LogP contribution in [0.15, 0.2) is 48.5 Å². The average molecular weight is 241 g/mol. The molecule has 1 N–H and O–H groups in total. The molecule has 3 heteroatoms. The third-order valence-electron chi connectivity index (χ3n) is 3.23. The van der Waals surface area contributed by atoms with Crippen molar-refractivity contribution in [3.63, 3.8) is 0 Å². The Kier molecular flexibility index (Phi) is 2.99. The number of hydrogen-bond acceptors (Lipinski definition) is 3. The lowest BCUT2D eigenvalue weighted by Gasteiger charge is -2.20. The van der Waals surface area contributed by atoms with Crippen LogP contribution >= 0.6 is 0 Å². The Morgan fingerprint density at radius 3 is 2.94 bits per heavy atom. The summed E-state index contributed by atoms with van der Waals surface area (Å²) in [4.78, 5) is 4.19. The van der Waals surface area contributed by atoms with Gasteiger partial charge in [-0.05, 0) is 24.3 Å². The molecule has 2 heterocycles.